The molecule has 1 amide bonds. The molecule has 0 spiro atoms. The van der Waals surface area contributed by atoms with E-state index >= 15 is 0 Å². The van der Waals surface area contributed by atoms with E-state index in [4.69, 9.17) is 9.47 Å². The number of fused-ring (bicyclic) bond motifs is 1. The van der Waals surface area contributed by atoms with E-state index in [0.717, 1.165) is 47.0 Å². The second-order valence-corrected chi connectivity index (χ2v) is 9.56. The van der Waals surface area contributed by atoms with Crippen LogP contribution in [0.3, 0.4) is 0 Å². The van der Waals surface area contributed by atoms with E-state index in [1.807, 2.05) is 12.1 Å². The molecule has 2 fully saturated rings. The monoisotopic (exact) mass is 454 g/mol. The van der Waals surface area contributed by atoms with Crippen LogP contribution < -0.4 is 10.1 Å². The van der Waals surface area contributed by atoms with Crippen molar-refractivity contribution in [2.45, 2.75) is 51.4 Å². The van der Waals surface area contributed by atoms with Gasteiger partial charge in [-0.25, -0.2) is 15.0 Å². The molecule has 0 radical (unpaired) electrons. The highest BCUT2D eigenvalue weighted by Gasteiger charge is 2.39. The van der Waals surface area contributed by atoms with Gasteiger partial charge in [-0.3, -0.25) is 4.79 Å². The summed E-state index contributed by atoms with van der Waals surface area (Å²) in [7, 11) is 1.62. The van der Waals surface area contributed by atoms with Crippen molar-refractivity contribution in [1.82, 2.24) is 15.0 Å². The number of carbonyl (C=O) groups is 1. The number of benzene rings is 1. The van der Waals surface area contributed by atoms with E-state index in [2.05, 4.69) is 27.2 Å². The third-order valence-electron chi connectivity index (χ3n) is 6.25. The summed E-state index contributed by atoms with van der Waals surface area (Å²) in [5.74, 6) is 1.83. The van der Waals surface area contributed by atoms with Gasteiger partial charge in [-0.2, -0.15) is 0 Å². The molecule has 168 valence electrons. The summed E-state index contributed by atoms with van der Waals surface area (Å²) in [6.07, 6.45) is 6.54. The molecule has 0 bridgehead atoms. The van der Waals surface area contributed by atoms with Crippen LogP contribution >= 0.6 is 11.3 Å². The van der Waals surface area contributed by atoms with Crippen LogP contribution in [0.4, 0.5) is 5.13 Å². The zero-order chi connectivity index (χ0) is 22.2. The summed E-state index contributed by atoms with van der Waals surface area (Å²) in [5.41, 5.74) is 2.45. The molecule has 2 N–H and O–H groups in total. The molecule has 2 heterocycles. The Balaban J connectivity index is 1.34. The van der Waals surface area contributed by atoms with Crippen molar-refractivity contribution < 1.29 is 19.4 Å². The Labute approximate surface area is 190 Å². The molecule has 4 atom stereocenters. The molecule has 2 aromatic heterocycles. The topological polar surface area (TPSA) is 106 Å². The number of hydrogen-bond acceptors (Lipinski definition) is 8. The number of anilines is 1. The van der Waals surface area contributed by atoms with E-state index in [1.54, 1.807) is 19.5 Å². The molecule has 0 aliphatic heterocycles. The molecule has 3 aromatic rings. The van der Waals surface area contributed by atoms with Gasteiger partial charge in [0, 0.05) is 29.4 Å². The maximum absolute atomic E-state index is 12.3. The second-order valence-electron chi connectivity index (χ2n) is 8.56. The van der Waals surface area contributed by atoms with Gasteiger partial charge < -0.3 is 19.9 Å². The summed E-state index contributed by atoms with van der Waals surface area (Å²) < 4.78 is 12.4. The highest BCUT2D eigenvalue weighted by Crippen LogP contribution is 2.42. The molecule has 32 heavy (non-hydrogen) atoms. The number of methoxy groups -OCH3 is 1. The smallest absolute Gasteiger partial charge is 0.229 e. The summed E-state index contributed by atoms with van der Waals surface area (Å²) in [4.78, 5) is 25.7. The normalized spacial score (nSPS) is 24.6. The van der Waals surface area contributed by atoms with Gasteiger partial charge >= 0.3 is 0 Å². The maximum Gasteiger partial charge on any atom is 0.229 e. The first-order valence-corrected chi connectivity index (χ1v) is 11.7. The number of aliphatic hydroxyl groups excluding tert-OH is 1. The highest BCUT2D eigenvalue weighted by atomic mass is 32.1. The number of aliphatic hydroxyl groups is 1. The number of amides is 1. The molecule has 5 rings (SSSR count). The number of carbonyl (C=O) groups excluding carboxylic acids is 1. The van der Waals surface area contributed by atoms with E-state index in [1.165, 1.54) is 11.3 Å². The SMILES string of the molecule is COc1c(-c2cnc(CO[C@H]3CCC[C@@H]3O)nc2)ccc2nc(NC(=O)[C@H]3C[C@H]3C)sc12. The van der Waals surface area contributed by atoms with Gasteiger partial charge in [-0.05, 0) is 43.7 Å². The summed E-state index contributed by atoms with van der Waals surface area (Å²) in [6, 6.07) is 3.84. The van der Waals surface area contributed by atoms with E-state index in [0.29, 0.717) is 22.6 Å². The largest absolute Gasteiger partial charge is 0.495 e. The molecule has 2 aliphatic carbocycles. The Morgan fingerprint density at radius 3 is 2.72 bits per heavy atom. The number of ether oxygens (including phenoxy) is 2. The Bertz CT molecular complexity index is 1130. The summed E-state index contributed by atoms with van der Waals surface area (Å²) in [5, 5.41) is 13.4. The number of thiazole rings is 1. The lowest BCUT2D eigenvalue weighted by Crippen LogP contribution is -2.22. The van der Waals surface area contributed by atoms with Crippen molar-refractivity contribution in [2.24, 2.45) is 11.8 Å². The zero-order valence-electron chi connectivity index (χ0n) is 18.1. The van der Waals surface area contributed by atoms with Crippen LogP contribution in [0, 0.1) is 11.8 Å². The van der Waals surface area contributed by atoms with Crippen molar-refractivity contribution in [3.63, 3.8) is 0 Å². The second kappa shape index (κ2) is 8.73. The number of nitrogens with one attached hydrogen (secondary N) is 1. The van der Waals surface area contributed by atoms with Crippen molar-refractivity contribution in [2.75, 3.05) is 12.4 Å². The first kappa shape index (κ1) is 21.2. The lowest BCUT2D eigenvalue weighted by atomic mass is 10.1. The quantitative estimate of drug-likeness (QED) is 0.559. The van der Waals surface area contributed by atoms with Crippen LogP contribution in [0.2, 0.25) is 0 Å². The molecule has 2 saturated carbocycles. The van der Waals surface area contributed by atoms with Crippen LogP contribution in [-0.2, 0) is 16.1 Å². The molecule has 1 aromatic carbocycles. The predicted octanol–water partition coefficient (Wildman–Crippen LogP) is 3.79. The fraction of sp³-hybridized carbons (Fsp3) is 0.478. The fourth-order valence-corrected chi connectivity index (χ4v) is 5.18. The first-order chi connectivity index (χ1) is 15.5. The standard InChI is InChI=1S/C23H26N4O4S/c1-12-8-15(12)22(29)27-23-26-16-7-6-14(20(30-2)21(16)32-23)13-9-24-19(25-10-13)11-31-18-5-3-4-17(18)28/h6-7,9-10,12,15,17-18,28H,3-5,8,11H2,1-2H3,(H,26,27,29)/t12-,15+,17+,18+/m1/s1. The number of aromatic nitrogens is 3. The minimum Gasteiger partial charge on any atom is -0.495 e. The molecular formula is C23H26N4O4S. The van der Waals surface area contributed by atoms with Gasteiger partial charge in [-0.1, -0.05) is 18.3 Å². The minimum atomic E-state index is -0.396. The molecule has 9 heteroatoms. The third-order valence-corrected chi connectivity index (χ3v) is 7.24. The lowest BCUT2D eigenvalue weighted by molar-refractivity contribution is -0.117. The molecule has 0 unspecified atom stereocenters. The molecule has 0 saturated heterocycles. The van der Waals surface area contributed by atoms with Crippen molar-refractivity contribution in [1.29, 1.82) is 0 Å². The zero-order valence-corrected chi connectivity index (χ0v) is 18.9. The Kier molecular flexibility index (Phi) is 5.79. The minimum absolute atomic E-state index is 0.0343. The predicted molar refractivity (Wildman–Crippen MR) is 122 cm³/mol. The highest BCUT2D eigenvalue weighted by molar-refractivity contribution is 7.22. The number of hydrogen-bond donors (Lipinski definition) is 2. The number of rotatable bonds is 7. The fourth-order valence-electron chi connectivity index (χ4n) is 4.19. The van der Waals surface area contributed by atoms with Gasteiger partial charge in [0.2, 0.25) is 5.91 Å². The number of nitrogens with zero attached hydrogens (tertiary/aromatic N) is 3. The van der Waals surface area contributed by atoms with Crippen LogP contribution in [0.1, 0.15) is 38.4 Å². The van der Waals surface area contributed by atoms with Crippen LogP contribution in [0.5, 0.6) is 5.75 Å². The lowest BCUT2D eigenvalue weighted by Gasteiger charge is -2.15. The van der Waals surface area contributed by atoms with Gasteiger partial charge in [0.15, 0.2) is 11.0 Å². The Hall–Kier alpha value is -2.62. The van der Waals surface area contributed by atoms with Crippen LogP contribution in [0.25, 0.3) is 21.3 Å². The van der Waals surface area contributed by atoms with Gasteiger partial charge in [0.05, 0.1) is 29.5 Å². The van der Waals surface area contributed by atoms with Crippen LogP contribution in [0.15, 0.2) is 24.5 Å². The third kappa shape index (κ3) is 4.20. The Morgan fingerprint density at radius 2 is 2.06 bits per heavy atom. The van der Waals surface area contributed by atoms with Crippen molar-refractivity contribution >= 4 is 32.6 Å². The maximum atomic E-state index is 12.3. The van der Waals surface area contributed by atoms with Gasteiger partial charge in [0.25, 0.3) is 0 Å². The first-order valence-electron chi connectivity index (χ1n) is 10.9. The summed E-state index contributed by atoms with van der Waals surface area (Å²) in [6.45, 7) is 2.35. The molecular weight excluding hydrogens is 428 g/mol. The van der Waals surface area contributed by atoms with Crippen LogP contribution in [-0.4, -0.2) is 45.3 Å². The van der Waals surface area contributed by atoms with E-state index in [-0.39, 0.29) is 24.5 Å². The van der Waals surface area contributed by atoms with E-state index in [9.17, 15) is 9.90 Å². The molecule has 8 nitrogen and oxygen atoms in total. The van der Waals surface area contributed by atoms with Crippen molar-refractivity contribution in [3.05, 3.63) is 30.4 Å². The molecule has 2 aliphatic rings. The van der Waals surface area contributed by atoms with E-state index < -0.39 is 6.10 Å². The van der Waals surface area contributed by atoms with Gasteiger partial charge in [-0.15, -0.1) is 0 Å². The average Bonchev–Trinajstić information content (AvgIpc) is 3.18. The van der Waals surface area contributed by atoms with Gasteiger partial charge in [0.1, 0.15) is 12.4 Å². The van der Waals surface area contributed by atoms with Crippen molar-refractivity contribution in [3.8, 4) is 16.9 Å². The summed E-state index contributed by atoms with van der Waals surface area (Å²) >= 11 is 1.41. The average molecular weight is 455 g/mol. The Morgan fingerprint density at radius 1 is 1.28 bits per heavy atom.